The van der Waals surface area contributed by atoms with Crippen LogP contribution in [0.25, 0.3) is 0 Å². The lowest BCUT2D eigenvalue weighted by molar-refractivity contribution is 0.0705. The average molecular weight is 405 g/mol. The van der Waals surface area contributed by atoms with E-state index in [9.17, 15) is 0 Å². The van der Waals surface area contributed by atoms with Crippen LogP contribution in [0.3, 0.4) is 0 Å². The number of rotatable bonds is 15. The molecule has 0 atom stereocenters. The highest BCUT2D eigenvalue weighted by Crippen LogP contribution is 2.30. The summed E-state index contributed by atoms with van der Waals surface area (Å²) in [6, 6.07) is 16.3. The Labute approximate surface area is 173 Å². The van der Waals surface area contributed by atoms with Gasteiger partial charge in [-0.15, -0.1) is 0 Å². The summed E-state index contributed by atoms with van der Waals surface area (Å²) in [5.41, 5.74) is 2.48. The maximum Gasteiger partial charge on any atom is 0.119 e. The third-order valence-electron chi connectivity index (χ3n) is 4.44. The van der Waals surface area contributed by atoms with E-state index in [0.29, 0.717) is 45.6 Å². The SMILES string of the molecule is CCC(c1ccc(OCCOCCO)cc1)c1ccc(OCCOCCO)cc1. The summed E-state index contributed by atoms with van der Waals surface area (Å²) in [4.78, 5) is 0. The first-order valence-electron chi connectivity index (χ1n) is 10.1. The molecule has 0 amide bonds. The van der Waals surface area contributed by atoms with Gasteiger partial charge < -0.3 is 29.2 Å². The molecule has 0 aliphatic heterocycles. The van der Waals surface area contributed by atoms with Crippen molar-refractivity contribution in [1.82, 2.24) is 0 Å². The number of hydrogen-bond donors (Lipinski definition) is 2. The first kappa shape index (κ1) is 23.2. The lowest BCUT2D eigenvalue weighted by atomic mass is 9.89. The van der Waals surface area contributed by atoms with Gasteiger partial charge in [0.25, 0.3) is 0 Å². The fourth-order valence-electron chi connectivity index (χ4n) is 3.03. The van der Waals surface area contributed by atoms with Crippen molar-refractivity contribution >= 4 is 0 Å². The normalized spacial score (nSPS) is 11.0. The number of hydrogen-bond acceptors (Lipinski definition) is 6. The molecule has 2 aromatic rings. The van der Waals surface area contributed by atoms with Crippen molar-refractivity contribution in [2.24, 2.45) is 0 Å². The summed E-state index contributed by atoms with van der Waals surface area (Å²) in [6.07, 6.45) is 0.990. The number of aliphatic hydroxyl groups excluding tert-OH is 2. The third kappa shape index (κ3) is 8.41. The number of aliphatic hydroxyl groups is 2. The van der Waals surface area contributed by atoms with E-state index in [-0.39, 0.29) is 13.2 Å². The highest BCUT2D eigenvalue weighted by Gasteiger charge is 2.12. The van der Waals surface area contributed by atoms with Crippen LogP contribution in [-0.4, -0.2) is 63.1 Å². The molecular weight excluding hydrogens is 372 g/mol. The Hall–Kier alpha value is -2.12. The standard InChI is InChI=1S/C23H32O6/c1-2-23(19-3-7-21(8-4-19)28-17-15-26-13-11-24)20-5-9-22(10-6-20)29-18-16-27-14-12-25/h3-10,23-25H,2,11-18H2,1H3. The molecule has 0 radical (unpaired) electrons. The molecule has 0 spiro atoms. The fraction of sp³-hybridized carbons (Fsp3) is 0.478. The molecule has 0 saturated carbocycles. The maximum absolute atomic E-state index is 8.68. The topological polar surface area (TPSA) is 77.4 Å². The summed E-state index contributed by atoms with van der Waals surface area (Å²) in [5.74, 6) is 1.92. The van der Waals surface area contributed by atoms with Crippen molar-refractivity contribution in [3.63, 3.8) is 0 Å². The molecule has 6 nitrogen and oxygen atoms in total. The second-order valence-electron chi connectivity index (χ2n) is 6.47. The smallest absolute Gasteiger partial charge is 0.119 e. The Balaban J connectivity index is 1.86. The van der Waals surface area contributed by atoms with E-state index in [0.717, 1.165) is 17.9 Å². The monoisotopic (exact) mass is 404 g/mol. The zero-order chi connectivity index (χ0) is 20.7. The Morgan fingerprint density at radius 1 is 0.621 bits per heavy atom. The molecule has 6 heteroatoms. The molecule has 0 heterocycles. The Morgan fingerprint density at radius 2 is 1.03 bits per heavy atom. The molecule has 0 aliphatic carbocycles. The van der Waals surface area contributed by atoms with Crippen molar-refractivity contribution in [2.45, 2.75) is 19.3 Å². The minimum Gasteiger partial charge on any atom is -0.491 e. The fourth-order valence-corrected chi connectivity index (χ4v) is 3.03. The highest BCUT2D eigenvalue weighted by molar-refractivity contribution is 5.38. The molecule has 0 aliphatic rings. The van der Waals surface area contributed by atoms with Crippen LogP contribution in [0.4, 0.5) is 0 Å². The first-order chi connectivity index (χ1) is 14.3. The molecule has 2 aromatic carbocycles. The lowest BCUT2D eigenvalue weighted by Crippen LogP contribution is -2.09. The van der Waals surface area contributed by atoms with Crippen LogP contribution in [0.5, 0.6) is 11.5 Å². The predicted molar refractivity (Wildman–Crippen MR) is 112 cm³/mol. The second-order valence-corrected chi connectivity index (χ2v) is 6.47. The van der Waals surface area contributed by atoms with Crippen molar-refractivity contribution in [1.29, 1.82) is 0 Å². The predicted octanol–water partition coefficient (Wildman–Crippen LogP) is 3.00. The van der Waals surface area contributed by atoms with Crippen molar-refractivity contribution in [3.05, 3.63) is 59.7 Å². The van der Waals surface area contributed by atoms with Crippen LogP contribution in [-0.2, 0) is 9.47 Å². The first-order valence-corrected chi connectivity index (χ1v) is 10.1. The Kier molecular flexibility index (Phi) is 11.1. The van der Waals surface area contributed by atoms with Crippen LogP contribution in [0.1, 0.15) is 30.4 Å². The number of benzene rings is 2. The van der Waals surface area contributed by atoms with Gasteiger partial charge >= 0.3 is 0 Å². The molecule has 0 aromatic heterocycles. The minimum atomic E-state index is 0.0270. The maximum atomic E-state index is 8.68. The molecular formula is C23H32O6. The molecule has 0 saturated heterocycles. The van der Waals surface area contributed by atoms with E-state index < -0.39 is 0 Å². The van der Waals surface area contributed by atoms with Gasteiger partial charge in [0.1, 0.15) is 24.7 Å². The minimum absolute atomic E-state index is 0.0270. The highest BCUT2D eigenvalue weighted by atomic mass is 16.5. The van der Waals surface area contributed by atoms with Crippen molar-refractivity contribution < 1.29 is 29.2 Å². The zero-order valence-corrected chi connectivity index (χ0v) is 17.1. The summed E-state index contributed by atoms with van der Waals surface area (Å²) in [6.45, 7) is 4.74. The van der Waals surface area contributed by atoms with E-state index in [1.807, 2.05) is 24.3 Å². The van der Waals surface area contributed by atoms with Gasteiger partial charge in [-0.2, -0.15) is 0 Å². The largest absolute Gasteiger partial charge is 0.491 e. The van der Waals surface area contributed by atoms with E-state index in [2.05, 4.69) is 31.2 Å². The second kappa shape index (κ2) is 14.0. The summed E-state index contributed by atoms with van der Waals surface area (Å²) in [7, 11) is 0. The van der Waals surface area contributed by atoms with E-state index in [1.54, 1.807) is 0 Å². The van der Waals surface area contributed by atoms with Crippen molar-refractivity contribution in [2.75, 3.05) is 52.9 Å². The van der Waals surface area contributed by atoms with Gasteiger partial charge in [-0.05, 0) is 41.8 Å². The average Bonchev–Trinajstić information content (AvgIpc) is 2.76. The molecule has 0 fully saturated rings. The van der Waals surface area contributed by atoms with Crippen LogP contribution in [0, 0.1) is 0 Å². The van der Waals surface area contributed by atoms with Gasteiger partial charge in [0.2, 0.25) is 0 Å². The van der Waals surface area contributed by atoms with Gasteiger partial charge in [-0.25, -0.2) is 0 Å². The van der Waals surface area contributed by atoms with Gasteiger partial charge in [0.05, 0.1) is 39.6 Å². The van der Waals surface area contributed by atoms with E-state index in [1.165, 1.54) is 11.1 Å². The summed E-state index contributed by atoms with van der Waals surface area (Å²) >= 11 is 0. The van der Waals surface area contributed by atoms with E-state index in [4.69, 9.17) is 29.2 Å². The molecule has 2 N–H and O–H groups in total. The van der Waals surface area contributed by atoms with E-state index >= 15 is 0 Å². The molecule has 160 valence electrons. The van der Waals surface area contributed by atoms with Crippen LogP contribution in [0.15, 0.2) is 48.5 Å². The quantitative estimate of drug-likeness (QED) is 0.445. The zero-order valence-electron chi connectivity index (χ0n) is 17.1. The van der Waals surface area contributed by atoms with Crippen LogP contribution in [0.2, 0.25) is 0 Å². The molecule has 29 heavy (non-hydrogen) atoms. The molecule has 0 bridgehead atoms. The van der Waals surface area contributed by atoms with Gasteiger partial charge in [-0.1, -0.05) is 31.2 Å². The van der Waals surface area contributed by atoms with Crippen molar-refractivity contribution in [3.8, 4) is 11.5 Å². The van der Waals surface area contributed by atoms with Gasteiger partial charge in [0.15, 0.2) is 0 Å². The van der Waals surface area contributed by atoms with Gasteiger partial charge in [-0.3, -0.25) is 0 Å². The number of ether oxygens (including phenoxy) is 4. The Morgan fingerprint density at radius 3 is 1.38 bits per heavy atom. The van der Waals surface area contributed by atoms with Gasteiger partial charge in [0, 0.05) is 5.92 Å². The molecule has 2 rings (SSSR count). The third-order valence-corrected chi connectivity index (χ3v) is 4.44. The molecule has 0 unspecified atom stereocenters. The Bertz CT molecular complexity index is 599. The lowest BCUT2D eigenvalue weighted by Gasteiger charge is -2.17. The summed E-state index contributed by atoms with van der Waals surface area (Å²) in [5, 5.41) is 17.4. The summed E-state index contributed by atoms with van der Waals surface area (Å²) < 4.78 is 21.7. The van der Waals surface area contributed by atoms with Crippen LogP contribution < -0.4 is 9.47 Å². The van der Waals surface area contributed by atoms with Crippen LogP contribution >= 0.6 is 0 Å².